The number of nitrogens with one attached hydrogen (secondary N) is 1. The van der Waals surface area contributed by atoms with E-state index < -0.39 is 0 Å². The highest BCUT2D eigenvalue weighted by Gasteiger charge is 2.12. The summed E-state index contributed by atoms with van der Waals surface area (Å²) in [7, 11) is 3.84. The summed E-state index contributed by atoms with van der Waals surface area (Å²) in [6, 6.07) is 1.39. The number of amides is 1. The zero-order chi connectivity index (χ0) is 12.1. The molecule has 88 valence electrons. The van der Waals surface area contributed by atoms with Crippen LogP contribution >= 0.6 is 23.2 Å². The molecule has 1 aromatic heterocycles. The Kier molecular flexibility index (Phi) is 4.92. The van der Waals surface area contributed by atoms with Crippen molar-refractivity contribution in [2.45, 2.75) is 0 Å². The first-order valence-corrected chi connectivity index (χ1v) is 5.38. The highest BCUT2D eigenvalue weighted by molar-refractivity contribution is 6.34. The second-order valence-electron chi connectivity index (χ2n) is 3.43. The van der Waals surface area contributed by atoms with Gasteiger partial charge in [-0.1, -0.05) is 23.2 Å². The lowest BCUT2D eigenvalue weighted by Crippen LogP contribution is -2.31. The molecule has 0 spiro atoms. The quantitative estimate of drug-likeness (QED) is 0.882. The molecule has 1 rings (SSSR count). The van der Waals surface area contributed by atoms with Crippen molar-refractivity contribution in [1.29, 1.82) is 0 Å². The van der Waals surface area contributed by atoms with Crippen LogP contribution in [0.2, 0.25) is 10.3 Å². The van der Waals surface area contributed by atoms with Gasteiger partial charge in [-0.15, -0.1) is 10.2 Å². The zero-order valence-electron chi connectivity index (χ0n) is 9.00. The summed E-state index contributed by atoms with van der Waals surface area (Å²) < 4.78 is 0. The minimum atomic E-state index is -0.302. The first-order chi connectivity index (χ1) is 7.50. The number of rotatable bonds is 4. The molecule has 16 heavy (non-hydrogen) atoms. The molecule has 0 saturated heterocycles. The van der Waals surface area contributed by atoms with Crippen molar-refractivity contribution in [2.24, 2.45) is 0 Å². The Morgan fingerprint density at radius 3 is 2.75 bits per heavy atom. The van der Waals surface area contributed by atoms with E-state index >= 15 is 0 Å². The Balaban J connectivity index is 2.62. The Hall–Kier alpha value is -0.910. The van der Waals surface area contributed by atoms with Crippen molar-refractivity contribution in [3.63, 3.8) is 0 Å². The van der Waals surface area contributed by atoms with E-state index in [2.05, 4.69) is 15.5 Å². The van der Waals surface area contributed by atoms with Crippen LogP contribution in [0.1, 0.15) is 10.4 Å². The van der Waals surface area contributed by atoms with Crippen LogP contribution in [0.15, 0.2) is 6.07 Å². The summed E-state index contributed by atoms with van der Waals surface area (Å²) in [5.41, 5.74) is 0.237. The lowest BCUT2D eigenvalue weighted by Gasteiger charge is -2.10. The van der Waals surface area contributed by atoms with Gasteiger partial charge in [0, 0.05) is 13.1 Å². The summed E-state index contributed by atoms with van der Waals surface area (Å²) in [5, 5.41) is 9.98. The first kappa shape index (κ1) is 13.2. The van der Waals surface area contributed by atoms with Crippen LogP contribution in [0, 0.1) is 0 Å². The van der Waals surface area contributed by atoms with E-state index in [0.29, 0.717) is 6.54 Å². The summed E-state index contributed by atoms with van der Waals surface area (Å²) >= 11 is 11.4. The van der Waals surface area contributed by atoms with Crippen LogP contribution in [0.4, 0.5) is 0 Å². The molecular weight excluding hydrogens is 251 g/mol. The van der Waals surface area contributed by atoms with Crippen molar-refractivity contribution in [3.8, 4) is 0 Å². The summed E-state index contributed by atoms with van der Waals surface area (Å²) in [6.45, 7) is 1.28. The SMILES string of the molecule is CN(C)CCNC(=O)c1cc(Cl)nnc1Cl. The van der Waals surface area contributed by atoms with Gasteiger partial charge in [0.15, 0.2) is 10.3 Å². The third-order valence-electron chi connectivity index (χ3n) is 1.81. The predicted octanol–water partition coefficient (Wildman–Crippen LogP) is 1.07. The van der Waals surface area contributed by atoms with E-state index in [1.807, 2.05) is 19.0 Å². The molecule has 0 atom stereocenters. The van der Waals surface area contributed by atoms with Crippen LogP contribution in [0.25, 0.3) is 0 Å². The number of nitrogens with zero attached hydrogens (tertiary/aromatic N) is 3. The Bertz CT molecular complexity index is 384. The molecule has 0 aliphatic heterocycles. The van der Waals surface area contributed by atoms with Gasteiger partial charge in [-0.2, -0.15) is 0 Å². The fourth-order valence-corrected chi connectivity index (χ4v) is 1.33. The zero-order valence-corrected chi connectivity index (χ0v) is 10.5. The maximum atomic E-state index is 11.7. The molecule has 0 aliphatic carbocycles. The van der Waals surface area contributed by atoms with Crippen molar-refractivity contribution >= 4 is 29.1 Å². The molecule has 0 saturated carbocycles. The van der Waals surface area contributed by atoms with E-state index in [1.54, 1.807) is 0 Å². The normalized spacial score (nSPS) is 10.6. The first-order valence-electron chi connectivity index (χ1n) is 4.62. The molecule has 1 amide bonds. The van der Waals surface area contributed by atoms with Crippen molar-refractivity contribution < 1.29 is 4.79 Å². The van der Waals surface area contributed by atoms with Gasteiger partial charge in [-0.25, -0.2) is 0 Å². The van der Waals surface area contributed by atoms with Gasteiger partial charge >= 0.3 is 0 Å². The van der Waals surface area contributed by atoms with E-state index in [1.165, 1.54) is 6.07 Å². The molecule has 0 bridgehead atoms. The monoisotopic (exact) mass is 262 g/mol. The minimum Gasteiger partial charge on any atom is -0.351 e. The van der Waals surface area contributed by atoms with Gasteiger partial charge in [-0.05, 0) is 20.2 Å². The van der Waals surface area contributed by atoms with Gasteiger partial charge in [-0.3, -0.25) is 4.79 Å². The molecule has 5 nitrogen and oxygen atoms in total. The lowest BCUT2D eigenvalue weighted by molar-refractivity contribution is 0.0950. The molecule has 7 heteroatoms. The van der Waals surface area contributed by atoms with Crippen LogP contribution < -0.4 is 5.32 Å². The van der Waals surface area contributed by atoms with Crippen LogP contribution in [-0.2, 0) is 0 Å². The number of halogens is 2. The van der Waals surface area contributed by atoms with Crippen molar-refractivity contribution in [2.75, 3.05) is 27.2 Å². The van der Waals surface area contributed by atoms with Crippen molar-refractivity contribution in [3.05, 3.63) is 21.9 Å². The van der Waals surface area contributed by atoms with Gasteiger partial charge in [0.25, 0.3) is 5.91 Å². The summed E-state index contributed by atoms with van der Waals surface area (Å²) in [6.07, 6.45) is 0. The van der Waals surface area contributed by atoms with Crippen LogP contribution in [-0.4, -0.2) is 48.2 Å². The molecule has 0 radical (unpaired) electrons. The van der Waals surface area contributed by atoms with Gasteiger partial charge in [0.2, 0.25) is 0 Å². The Morgan fingerprint density at radius 1 is 1.44 bits per heavy atom. The molecule has 1 N–H and O–H groups in total. The Morgan fingerprint density at radius 2 is 2.12 bits per heavy atom. The molecule has 0 unspecified atom stereocenters. The topological polar surface area (TPSA) is 58.1 Å². The third kappa shape index (κ3) is 3.92. The molecule has 0 aliphatic rings. The molecule has 0 aromatic carbocycles. The maximum absolute atomic E-state index is 11.7. The van der Waals surface area contributed by atoms with Crippen LogP contribution in [0.3, 0.4) is 0 Å². The molecule has 1 aromatic rings. The average Bonchev–Trinajstić information content (AvgIpc) is 2.21. The number of carbonyl (C=O) groups is 1. The average molecular weight is 263 g/mol. The Labute approximate surface area is 104 Å². The van der Waals surface area contributed by atoms with E-state index in [0.717, 1.165) is 6.54 Å². The molecule has 0 fully saturated rings. The van der Waals surface area contributed by atoms with Gasteiger partial charge in [0.05, 0.1) is 5.56 Å². The van der Waals surface area contributed by atoms with Crippen LogP contribution in [0.5, 0.6) is 0 Å². The fraction of sp³-hybridized carbons (Fsp3) is 0.444. The second kappa shape index (κ2) is 5.98. The van der Waals surface area contributed by atoms with E-state index in [9.17, 15) is 4.79 Å². The third-order valence-corrected chi connectivity index (χ3v) is 2.27. The summed E-state index contributed by atoms with van der Waals surface area (Å²) in [4.78, 5) is 13.6. The second-order valence-corrected chi connectivity index (χ2v) is 4.18. The van der Waals surface area contributed by atoms with E-state index in [-0.39, 0.29) is 21.8 Å². The minimum absolute atomic E-state index is 0.0479. The maximum Gasteiger partial charge on any atom is 0.254 e. The number of hydrogen-bond acceptors (Lipinski definition) is 4. The number of hydrogen-bond donors (Lipinski definition) is 1. The van der Waals surface area contributed by atoms with Gasteiger partial charge in [0.1, 0.15) is 0 Å². The van der Waals surface area contributed by atoms with Gasteiger partial charge < -0.3 is 10.2 Å². The van der Waals surface area contributed by atoms with E-state index in [4.69, 9.17) is 23.2 Å². The standard InChI is InChI=1S/C9H12Cl2N4O/c1-15(2)4-3-12-9(16)6-5-7(10)13-14-8(6)11/h5H,3-4H2,1-2H3,(H,12,16). The fourth-order valence-electron chi connectivity index (χ4n) is 1.00. The lowest BCUT2D eigenvalue weighted by atomic mass is 10.3. The highest BCUT2D eigenvalue weighted by atomic mass is 35.5. The largest absolute Gasteiger partial charge is 0.351 e. The smallest absolute Gasteiger partial charge is 0.254 e. The number of likely N-dealkylation sites (N-methyl/N-ethyl adjacent to an activating group) is 1. The van der Waals surface area contributed by atoms with Crippen molar-refractivity contribution in [1.82, 2.24) is 20.4 Å². The molecule has 1 heterocycles. The predicted molar refractivity (Wildman–Crippen MR) is 62.9 cm³/mol. The summed E-state index contributed by atoms with van der Waals surface area (Å²) in [5.74, 6) is -0.302. The highest BCUT2D eigenvalue weighted by Crippen LogP contribution is 2.14. The molecular formula is C9H12Cl2N4O. The number of carbonyl (C=O) groups excluding carboxylic acids is 1. The number of aromatic nitrogens is 2.